The molecule has 0 aromatic heterocycles. The Morgan fingerprint density at radius 3 is 2.26 bits per heavy atom. The second-order valence-electron chi connectivity index (χ2n) is 8.63. The summed E-state index contributed by atoms with van der Waals surface area (Å²) < 4.78 is 0. The average Bonchev–Trinajstić information content (AvgIpc) is 2.84. The summed E-state index contributed by atoms with van der Waals surface area (Å²) in [4.78, 5) is 28.8. The highest BCUT2D eigenvalue weighted by Crippen LogP contribution is 2.20. The molecule has 0 heterocycles. The number of benzene rings is 3. The van der Waals surface area contributed by atoms with Crippen LogP contribution >= 0.6 is 11.6 Å². The van der Waals surface area contributed by atoms with Crippen molar-refractivity contribution >= 4 is 23.4 Å². The quantitative estimate of drug-likeness (QED) is 0.358. The Kier molecular flexibility index (Phi) is 9.72. The summed E-state index contributed by atoms with van der Waals surface area (Å²) in [5.74, 6) is -0.253. The van der Waals surface area contributed by atoms with Crippen molar-refractivity contribution in [3.8, 4) is 0 Å². The molecule has 0 aliphatic rings. The van der Waals surface area contributed by atoms with Crippen LogP contribution in [-0.2, 0) is 29.0 Å². The molecule has 4 nitrogen and oxygen atoms in total. The second-order valence-corrected chi connectivity index (χ2v) is 9.03. The molecule has 3 aromatic carbocycles. The molecule has 3 aromatic rings. The van der Waals surface area contributed by atoms with Crippen LogP contribution < -0.4 is 5.32 Å². The lowest BCUT2D eigenvalue weighted by molar-refractivity contribution is -0.140. The van der Waals surface area contributed by atoms with E-state index in [9.17, 15) is 9.59 Å². The van der Waals surface area contributed by atoms with E-state index in [4.69, 9.17) is 11.6 Å². The summed E-state index contributed by atoms with van der Waals surface area (Å²) in [6.07, 6.45) is 2.47. The third-order valence-corrected chi connectivity index (χ3v) is 6.24. The zero-order valence-electron chi connectivity index (χ0n) is 20.0. The minimum atomic E-state index is -0.629. The van der Waals surface area contributed by atoms with Crippen LogP contribution in [0.3, 0.4) is 0 Å². The number of carbonyl (C=O) groups excluding carboxylic acids is 2. The maximum absolute atomic E-state index is 13.7. The monoisotopic (exact) mass is 476 g/mol. The minimum Gasteiger partial charge on any atom is -0.354 e. The number of halogens is 1. The summed E-state index contributed by atoms with van der Waals surface area (Å²) in [6.45, 7) is 5.06. The summed E-state index contributed by atoms with van der Waals surface area (Å²) in [5, 5.41) is 3.60. The maximum atomic E-state index is 13.7. The lowest BCUT2D eigenvalue weighted by Crippen LogP contribution is -2.51. The van der Waals surface area contributed by atoms with Crippen LogP contribution in [0.1, 0.15) is 42.0 Å². The predicted molar refractivity (Wildman–Crippen MR) is 139 cm³/mol. The molecule has 2 amide bonds. The molecule has 0 radical (unpaired) electrons. The Morgan fingerprint density at radius 2 is 1.59 bits per heavy atom. The van der Waals surface area contributed by atoms with Gasteiger partial charge in [-0.2, -0.15) is 0 Å². The molecular formula is C29H33ClN2O2. The highest BCUT2D eigenvalue weighted by Gasteiger charge is 2.30. The van der Waals surface area contributed by atoms with Crippen molar-refractivity contribution in [3.05, 3.63) is 106 Å². The highest BCUT2D eigenvalue weighted by atomic mass is 35.5. The number of unbranched alkanes of at least 4 members (excludes halogenated alkanes) is 1. The third kappa shape index (κ3) is 7.46. The number of amides is 2. The van der Waals surface area contributed by atoms with Gasteiger partial charge in [-0.05, 0) is 36.1 Å². The zero-order valence-corrected chi connectivity index (χ0v) is 20.7. The van der Waals surface area contributed by atoms with Crippen LogP contribution in [0.2, 0.25) is 5.02 Å². The van der Waals surface area contributed by atoms with Gasteiger partial charge in [-0.3, -0.25) is 9.59 Å². The first kappa shape index (κ1) is 25.5. The molecule has 0 saturated heterocycles. The fourth-order valence-corrected chi connectivity index (χ4v) is 4.06. The molecule has 3 rings (SSSR count). The van der Waals surface area contributed by atoms with Crippen molar-refractivity contribution in [3.63, 3.8) is 0 Å². The highest BCUT2D eigenvalue weighted by molar-refractivity contribution is 6.31. The fraction of sp³-hybridized carbons (Fsp3) is 0.310. The van der Waals surface area contributed by atoms with Gasteiger partial charge >= 0.3 is 0 Å². The molecule has 1 atom stereocenters. The summed E-state index contributed by atoms with van der Waals surface area (Å²) in [6, 6.07) is 24.7. The largest absolute Gasteiger partial charge is 0.354 e. The van der Waals surface area contributed by atoms with E-state index in [1.165, 1.54) is 0 Å². The molecule has 0 bridgehead atoms. The van der Waals surface area contributed by atoms with Gasteiger partial charge in [0, 0.05) is 24.5 Å². The summed E-state index contributed by atoms with van der Waals surface area (Å²) >= 11 is 6.36. The van der Waals surface area contributed by atoms with E-state index in [0.29, 0.717) is 24.5 Å². The molecule has 0 fully saturated rings. The first-order chi connectivity index (χ1) is 16.5. The standard InChI is InChI=1S/C29H33ClN2O2/c1-3-4-18-31-29(34)27(19-23-10-6-5-7-11-23)32(21-24-16-14-22(2)15-17-24)28(33)20-25-12-8-9-13-26(25)30/h5-17,27H,3-4,18-21H2,1-2H3,(H,31,34). The molecule has 0 aliphatic carbocycles. The maximum Gasteiger partial charge on any atom is 0.243 e. The van der Waals surface area contributed by atoms with E-state index in [1.54, 1.807) is 11.0 Å². The van der Waals surface area contributed by atoms with Crippen molar-refractivity contribution < 1.29 is 9.59 Å². The molecule has 0 spiro atoms. The first-order valence-electron chi connectivity index (χ1n) is 11.9. The van der Waals surface area contributed by atoms with Crippen LogP contribution in [0, 0.1) is 6.92 Å². The Bertz CT molecular complexity index is 1070. The number of hydrogen-bond donors (Lipinski definition) is 1. The van der Waals surface area contributed by atoms with Crippen molar-refractivity contribution in [1.29, 1.82) is 0 Å². The van der Waals surface area contributed by atoms with Gasteiger partial charge in [-0.25, -0.2) is 0 Å². The van der Waals surface area contributed by atoms with Gasteiger partial charge in [0.1, 0.15) is 6.04 Å². The van der Waals surface area contributed by atoms with E-state index in [-0.39, 0.29) is 18.2 Å². The number of carbonyl (C=O) groups is 2. The SMILES string of the molecule is CCCCNC(=O)C(Cc1ccccc1)N(Cc1ccc(C)cc1)C(=O)Cc1ccccc1Cl. The Morgan fingerprint density at radius 1 is 0.912 bits per heavy atom. The molecular weight excluding hydrogens is 444 g/mol. The van der Waals surface area contributed by atoms with Crippen LogP contribution in [0.4, 0.5) is 0 Å². The topological polar surface area (TPSA) is 49.4 Å². The van der Waals surface area contributed by atoms with Crippen LogP contribution in [0.15, 0.2) is 78.9 Å². The van der Waals surface area contributed by atoms with Crippen LogP contribution in [0.25, 0.3) is 0 Å². The molecule has 34 heavy (non-hydrogen) atoms. The normalized spacial score (nSPS) is 11.6. The molecule has 1 N–H and O–H groups in total. The van der Waals surface area contributed by atoms with Gasteiger partial charge < -0.3 is 10.2 Å². The number of rotatable bonds is 11. The van der Waals surface area contributed by atoms with E-state index < -0.39 is 6.04 Å². The number of aryl methyl sites for hydroxylation is 1. The fourth-order valence-electron chi connectivity index (χ4n) is 3.86. The van der Waals surface area contributed by atoms with Gasteiger partial charge in [0.2, 0.25) is 11.8 Å². The Balaban J connectivity index is 1.94. The molecule has 178 valence electrons. The first-order valence-corrected chi connectivity index (χ1v) is 12.3. The minimum absolute atomic E-state index is 0.125. The number of nitrogens with zero attached hydrogens (tertiary/aromatic N) is 1. The van der Waals surface area contributed by atoms with Gasteiger partial charge in [0.15, 0.2) is 0 Å². The Hall–Kier alpha value is -3.11. The zero-order chi connectivity index (χ0) is 24.3. The van der Waals surface area contributed by atoms with Crippen molar-refractivity contribution in [1.82, 2.24) is 10.2 Å². The van der Waals surface area contributed by atoms with E-state index >= 15 is 0 Å². The second kappa shape index (κ2) is 13.0. The molecule has 0 aliphatic heterocycles. The van der Waals surface area contributed by atoms with Crippen molar-refractivity contribution in [2.45, 2.75) is 52.1 Å². The average molecular weight is 477 g/mol. The van der Waals surface area contributed by atoms with Crippen LogP contribution in [0.5, 0.6) is 0 Å². The lowest BCUT2D eigenvalue weighted by atomic mass is 10.0. The summed E-state index contributed by atoms with van der Waals surface area (Å²) in [7, 11) is 0. The van der Waals surface area contributed by atoms with Crippen molar-refractivity contribution in [2.24, 2.45) is 0 Å². The molecule has 0 saturated carbocycles. The smallest absolute Gasteiger partial charge is 0.243 e. The molecule has 5 heteroatoms. The summed E-state index contributed by atoms with van der Waals surface area (Å²) in [5.41, 5.74) is 3.90. The Labute approximate surface area is 207 Å². The van der Waals surface area contributed by atoms with Gasteiger partial charge in [-0.15, -0.1) is 0 Å². The van der Waals surface area contributed by atoms with Crippen LogP contribution in [-0.4, -0.2) is 29.3 Å². The van der Waals surface area contributed by atoms with E-state index in [0.717, 1.165) is 35.1 Å². The number of nitrogens with one attached hydrogen (secondary N) is 1. The number of hydrogen-bond acceptors (Lipinski definition) is 2. The third-order valence-electron chi connectivity index (χ3n) is 5.87. The van der Waals surface area contributed by atoms with Gasteiger partial charge in [0.25, 0.3) is 0 Å². The molecule has 1 unspecified atom stereocenters. The van der Waals surface area contributed by atoms with E-state index in [1.807, 2.05) is 79.7 Å². The van der Waals surface area contributed by atoms with Gasteiger partial charge in [0.05, 0.1) is 6.42 Å². The van der Waals surface area contributed by atoms with Crippen molar-refractivity contribution in [2.75, 3.05) is 6.54 Å². The predicted octanol–water partition coefficient (Wildman–Crippen LogP) is 5.75. The van der Waals surface area contributed by atoms with Gasteiger partial charge in [-0.1, -0.05) is 103 Å². The lowest BCUT2D eigenvalue weighted by Gasteiger charge is -2.32. The van der Waals surface area contributed by atoms with E-state index in [2.05, 4.69) is 12.2 Å².